The first kappa shape index (κ1) is 20.1. The van der Waals surface area contributed by atoms with E-state index in [1.165, 1.54) is 24.0 Å². The van der Waals surface area contributed by atoms with Gasteiger partial charge in [-0.3, -0.25) is 9.36 Å². The van der Waals surface area contributed by atoms with Crippen molar-refractivity contribution in [3.05, 3.63) is 90.5 Å². The molecule has 4 rings (SSSR count). The fourth-order valence-electron chi connectivity index (χ4n) is 3.57. The van der Waals surface area contributed by atoms with E-state index in [4.69, 9.17) is 9.15 Å². The van der Waals surface area contributed by atoms with Crippen LogP contribution in [-0.4, -0.2) is 17.6 Å². The number of benzene rings is 1. The summed E-state index contributed by atoms with van der Waals surface area (Å²) in [6, 6.07) is 10.9. The van der Waals surface area contributed by atoms with Crippen molar-refractivity contribution in [1.29, 1.82) is 0 Å². The van der Waals surface area contributed by atoms with Gasteiger partial charge in [0.1, 0.15) is 5.76 Å². The van der Waals surface area contributed by atoms with Gasteiger partial charge in [0.25, 0.3) is 5.56 Å². The molecule has 0 spiro atoms. The van der Waals surface area contributed by atoms with Crippen LogP contribution in [0.4, 0.5) is 0 Å². The van der Waals surface area contributed by atoms with Gasteiger partial charge in [-0.25, -0.2) is 9.79 Å². The molecule has 1 aromatic carbocycles. The highest BCUT2D eigenvalue weighted by Gasteiger charge is 2.33. The van der Waals surface area contributed by atoms with E-state index in [1.807, 2.05) is 24.3 Å². The number of furan rings is 1. The lowest BCUT2D eigenvalue weighted by atomic mass is 9.93. The quantitative estimate of drug-likeness (QED) is 0.606. The van der Waals surface area contributed by atoms with Crippen molar-refractivity contribution >= 4 is 23.4 Å². The minimum atomic E-state index is -0.603. The molecule has 2 aromatic heterocycles. The van der Waals surface area contributed by atoms with Crippen LogP contribution in [0.5, 0.6) is 0 Å². The smallest absolute Gasteiger partial charge is 0.338 e. The van der Waals surface area contributed by atoms with Crippen LogP contribution in [-0.2, 0) is 9.53 Å². The second-order valence-electron chi connectivity index (χ2n) is 7.41. The standard InChI is InChI=1S/C23H22N2O4S/c1-13(2)15-7-9-16(10-8-15)20-19(22(27)28-4)14(3)24-23-25(20)21(26)18(30-23)12-17-6-5-11-29-17/h5-13,20H,1-4H3/b18-12-/t20-/m1/s1. The Morgan fingerprint density at radius 3 is 2.60 bits per heavy atom. The molecular weight excluding hydrogens is 400 g/mol. The molecule has 0 bridgehead atoms. The van der Waals surface area contributed by atoms with E-state index in [0.29, 0.717) is 32.3 Å². The molecule has 0 saturated carbocycles. The van der Waals surface area contributed by atoms with Crippen LogP contribution in [0.1, 0.15) is 49.6 Å². The van der Waals surface area contributed by atoms with Gasteiger partial charge >= 0.3 is 5.97 Å². The molecule has 0 aliphatic carbocycles. The Kier molecular flexibility index (Phi) is 5.30. The van der Waals surface area contributed by atoms with Gasteiger partial charge in [0.05, 0.1) is 35.2 Å². The van der Waals surface area contributed by atoms with Gasteiger partial charge in [-0.15, -0.1) is 0 Å². The summed E-state index contributed by atoms with van der Waals surface area (Å²) in [4.78, 5) is 31.1. The lowest BCUT2D eigenvalue weighted by molar-refractivity contribution is -0.136. The van der Waals surface area contributed by atoms with Crippen molar-refractivity contribution in [2.45, 2.75) is 32.7 Å². The van der Waals surface area contributed by atoms with E-state index in [1.54, 1.807) is 36.0 Å². The third-order valence-electron chi connectivity index (χ3n) is 5.16. The number of methoxy groups -OCH3 is 1. The van der Waals surface area contributed by atoms with E-state index >= 15 is 0 Å². The van der Waals surface area contributed by atoms with Crippen LogP contribution in [0.2, 0.25) is 0 Å². The number of carbonyl (C=O) groups excluding carboxylic acids is 1. The van der Waals surface area contributed by atoms with E-state index in [-0.39, 0.29) is 5.56 Å². The Bertz CT molecular complexity index is 1290. The summed E-state index contributed by atoms with van der Waals surface area (Å²) in [5.41, 5.74) is 2.71. The fourth-order valence-corrected chi connectivity index (χ4v) is 4.60. The molecule has 1 aliphatic heterocycles. The van der Waals surface area contributed by atoms with Crippen LogP contribution < -0.4 is 14.9 Å². The van der Waals surface area contributed by atoms with Crippen molar-refractivity contribution in [3.63, 3.8) is 0 Å². The molecule has 3 heterocycles. The van der Waals surface area contributed by atoms with Gasteiger partial charge in [0, 0.05) is 6.08 Å². The number of rotatable bonds is 4. The first-order valence-corrected chi connectivity index (χ1v) is 10.5. The number of carbonyl (C=O) groups is 1. The number of allylic oxidation sites excluding steroid dienone is 1. The van der Waals surface area contributed by atoms with E-state index in [0.717, 1.165) is 5.56 Å². The van der Waals surface area contributed by atoms with Crippen molar-refractivity contribution in [1.82, 2.24) is 4.57 Å². The minimum absolute atomic E-state index is 0.220. The second-order valence-corrected chi connectivity index (χ2v) is 8.42. The van der Waals surface area contributed by atoms with Crippen molar-refractivity contribution < 1.29 is 13.9 Å². The molecule has 0 N–H and O–H groups in total. The summed E-state index contributed by atoms with van der Waals surface area (Å²) >= 11 is 1.27. The summed E-state index contributed by atoms with van der Waals surface area (Å²) in [7, 11) is 1.34. The van der Waals surface area contributed by atoms with Gasteiger partial charge in [0.2, 0.25) is 0 Å². The maximum atomic E-state index is 13.3. The Balaban J connectivity index is 1.95. The SMILES string of the molecule is COC(=O)C1=C(C)N=c2s/c(=C\c3ccco3)c(=O)n2[C@@H]1c1ccc(C(C)C)cc1. The van der Waals surface area contributed by atoms with Gasteiger partial charge < -0.3 is 9.15 Å². The molecule has 1 aliphatic rings. The van der Waals surface area contributed by atoms with Crippen LogP contribution in [0.3, 0.4) is 0 Å². The highest BCUT2D eigenvalue weighted by Crippen LogP contribution is 2.31. The predicted octanol–water partition coefficient (Wildman–Crippen LogP) is 3.12. The molecule has 6 nitrogen and oxygen atoms in total. The average Bonchev–Trinajstić information content (AvgIpc) is 3.35. The molecule has 3 aromatic rings. The average molecular weight is 423 g/mol. The van der Waals surface area contributed by atoms with Crippen molar-refractivity contribution in [2.75, 3.05) is 7.11 Å². The Labute approximate surface area is 177 Å². The zero-order chi connectivity index (χ0) is 21.4. The number of hydrogen-bond acceptors (Lipinski definition) is 6. The highest BCUT2D eigenvalue weighted by molar-refractivity contribution is 7.07. The van der Waals surface area contributed by atoms with Crippen LogP contribution in [0.15, 0.2) is 68.1 Å². The van der Waals surface area contributed by atoms with Crippen LogP contribution >= 0.6 is 11.3 Å². The molecule has 154 valence electrons. The minimum Gasteiger partial charge on any atom is -0.466 e. The van der Waals surface area contributed by atoms with E-state index in [9.17, 15) is 9.59 Å². The van der Waals surface area contributed by atoms with Crippen molar-refractivity contribution in [3.8, 4) is 0 Å². The van der Waals surface area contributed by atoms with Gasteiger partial charge in [-0.1, -0.05) is 49.4 Å². The topological polar surface area (TPSA) is 73.8 Å². The molecule has 1 atom stereocenters. The molecule has 0 amide bonds. The molecule has 0 unspecified atom stereocenters. The van der Waals surface area contributed by atoms with Crippen LogP contribution in [0.25, 0.3) is 6.08 Å². The number of aromatic nitrogens is 1. The number of nitrogens with zero attached hydrogens (tertiary/aromatic N) is 2. The largest absolute Gasteiger partial charge is 0.466 e. The molecule has 30 heavy (non-hydrogen) atoms. The van der Waals surface area contributed by atoms with Crippen molar-refractivity contribution in [2.24, 2.45) is 4.99 Å². The summed E-state index contributed by atoms with van der Waals surface area (Å²) in [5.74, 6) is 0.475. The molecule has 0 radical (unpaired) electrons. The van der Waals surface area contributed by atoms with E-state index in [2.05, 4.69) is 18.8 Å². The maximum Gasteiger partial charge on any atom is 0.338 e. The molecule has 7 heteroatoms. The molecule has 0 fully saturated rings. The summed E-state index contributed by atoms with van der Waals surface area (Å²) < 4.78 is 12.5. The Morgan fingerprint density at radius 2 is 2.00 bits per heavy atom. The third kappa shape index (κ3) is 3.45. The van der Waals surface area contributed by atoms with Gasteiger partial charge in [-0.05, 0) is 36.1 Å². The lowest BCUT2D eigenvalue weighted by Gasteiger charge is -2.24. The first-order valence-electron chi connectivity index (χ1n) is 9.65. The number of thiazole rings is 1. The Hall–Kier alpha value is -3.19. The third-order valence-corrected chi connectivity index (χ3v) is 6.15. The van der Waals surface area contributed by atoms with Gasteiger partial charge in [-0.2, -0.15) is 0 Å². The second kappa shape index (κ2) is 7.91. The number of fused-ring (bicyclic) bond motifs is 1. The zero-order valence-corrected chi connectivity index (χ0v) is 18.0. The number of hydrogen-bond donors (Lipinski definition) is 0. The zero-order valence-electron chi connectivity index (χ0n) is 17.2. The van der Waals surface area contributed by atoms with Crippen LogP contribution in [0, 0.1) is 0 Å². The van der Waals surface area contributed by atoms with E-state index < -0.39 is 12.0 Å². The number of esters is 1. The molecule has 0 saturated heterocycles. The Morgan fingerprint density at radius 1 is 1.27 bits per heavy atom. The summed E-state index contributed by atoms with van der Waals surface area (Å²) in [6.45, 7) is 6.01. The number of ether oxygens (including phenoxy) is 1. The summed E-state index contributed by atoms with van der Waals surface area (Å²) in [5, 5.41) is 0. The normalized spacial score (nSPS) is 16.6. The molecular formula is C23H22N2O4S. The highest BCUT2D eigenvalue weighted by atomic mass is 32.1. The lowest BCUT2D eigenvalue weighted by Crippen LogP contribution is -2.39. The van der Waals surface area contributed by atoms with Gasteiger partial charge in [0.15, 0.2) is 4.80 Å². The first-order chi connectivity index (χ1) is 14.4. The maximum absolute atomic E-state index is 13.3. The predicted molar refractivity (Wildman–Crippen MR) is 115 cm³/mol. The monoisotopic (exact) mass is 422 g/mol. The summed E-state index contributed by atoms with van der Waals surface area (Å²) in [6.07, 6.45) is 3.25. The fraction of sp³-hybridized carbons (Fsp3) is 0.261.